The number of hydrogen-bond donors (Lipinski definition) is 0. The Morgan fingerprint density at radius 3 is 2.30 bits per heavy atom. The molecule has 4 aromatic rings. The van der Waals surface area contributed by atoms with E-state index < -0.39 is 0 Å². The highest BCUT2D eigenvalue weighted by Gasteiger charge is 2.17. The van der Waals surface area contributed by atoms with E-state index in [4.69, 9.17) is 4.98 Å². The molecular weight excluding hydrogens is 390 g/mol. The summed E-state index contributed by atoms with van der Waals surface area (Å²) >= 11 is 1.55. The largest absolute Gasteiger partial charge is 0.302 e. The Morgan fingerprint density at radius 2 is 1.63 bits per heavy atom. The SMILES string of the molecule is CCN(CC)CCn1c(Cc2ccccc2)nc2scc(-c3ccccc3)c2c1=O. The third-order valence-corrected chi connectivity index (χ3v) is 6.47. The zero-order chi connectivity index (χ0) is 20.9. The number of aromatic nitrogens is 2. The molecule has 0 N–H and O–H groups in total. The van der Waals surface area contributed by atoms with Crippen LogP contribution in [0.3, 0.4) is 0 Å². The van der Waals surface area contributed by atoms with E-state index in [0.29, 0.717) is 13.0 Å². The number of nitrogens with zero attached hydrogens (tertiary/aromatic N) is 3. The van der Waals surface area contributed by atoms with Crippen molar-refractivity contribution >= 4 is 21.6 Å². The summed E-state index contributed by atoms with van der Waals surface area (Å²) in [6.45, 7) is 7.75. The smallest absolute Gasteiger partial charge is 0.262 e. The van der Waals surface area contributed by atoms with E-state index in [9.17, 15) is 4.79 Å². The van der Waals surface area contributed by atoms with Gasteiger partial charge < -0.3 is 4.90 Å². The Morgan fingerprint density at radius 1 is 0.967 bits per heavy atom. The van der Waals surface area contributed by atoms with Gasteiger partial charge in [0.05, 0.1) is 5.39 Å². The molecule has 0 fully saturated rings. The van der Waals surface area contributed by atoms with E-state index in [2.05, 4.69) is 48.4 Å². The molecule has 0 bridgehead atoms. The van der Waals surface area contributed by atoms with Gasteiger partial charge in [0, 0.05) is 30.5 Å². The Balaban J connectivity index is 1.83. The highest BCUT2D eigenvalue weighted by molar-refractivity contribution is 7.17. The van der Waals surface area contributed by atoms with Crippen molar-refractivity contribution in [2.24, 2.45) is 0 Å². The van der Waals surface area contributed by atoms with Crippen molar-refractivity contribution in [3.8, 4) is 11.1 Å². The molecule has 0 radical (unpaired) electrons. The summed E-state index contributed by atoms with van der Waals surface area (Å²) in [5.41, 5.74) is 3.28. The normalized spacial score (nSPS) is 11.4. The Labute approximate surface area is 181 Å². The first-order chi connectivity index (χ1) is 14.7. The van der Waals surface area contributed by atoms with Gasteiger partial charge in [0.1, 0.15) is 10.7 Å². The Bertz CT molecular complexity index is 1160. The zero-order valence-corrected chi connectivity index (χ0v) is 18.4. The van der Waals surface area contributed by atoms with Crippen LogP contribution in [-0.2, 0) is 13.0 Å². The van der Waals surface area contributed by atoms with Gasteiger partial charge in [-0.2, -0.15) is 0 Å². The minimum absolute atomic E-state index is 0.0678. The minimum atomic E-state index is 0.0678. The molecule has 4 nitrogen and oxygen atoms in total. The second-order valence-electron chi connectivity index (χ2n) is 7.37. The van der Waals surface area contributed by atoms with Crippen LogP contribution in [0.2, 0.25) is 0 Å². The van der Waals surface area contributed by atoms with Crippen molar-refractivity contribution < 1.29 is 0 Å². The molecule has 0 spiro atoms. The lowest BCUT2D eigenvalue weighted by Crippen LogP contribution is -2.33. The lowest BCUT2D eigenvalue weighted by Gasteiger charge is -2.20. The van der Waals surface area contributed by atoms with Crippen molar-refractivity contribution in [1.82, 2.24) is 14.5 Å². The van der Waals surface area contributed by atoms with Gasteiger partial charge in [-0.1, -0.05) is 74.5 Å². The molecule has 0 saturated carbocycles. The first kappa shape index (κ1) is 20.5. The van der Waals surface area contributed by atoms with Crippen molar-refractivity contribution in [2.45, 2.75) is 26.8 Å². The average Bonchev–Trinajstić information content (AvgIpc) is 3.21. The van der Waals surface area contributed by atoms with E-state index in [1.807, 2.05) is 41.0 Å². The van der Waals surface area contributed by atoms with E-state index >= 15 is 0 Å². The maximum Gasteiger partial charge on any atom is 0.262 e. The molecule has 4 rings (SSSR count). The fraction of sp³-hybridized carbons (Fsp3) is 0.280. The van der Waals surface area contributed by atoms with E-state index in [1.54, 1.807) is 11.3 Å². The van der Waals surface area contributed by atoms with Gasteiger partial charge in [-0.3, -0.25) is 9.36 Å². The van der Waals surface area contributed by atoms with Crippen LogP contribution in [0.15, 0.2) is 70.8 Å². The number of benzene rings is 2. The molecular formula is C25H27N3OS. The molecule has 0 aliphatic rings. The monoisotopic (exact) mass is 417 g/mol. The highest BCUT2D eigenvalue weighted by Crippen LogP contribution is 2.31. The summed E-state index contributed by atoms with van der Waals surface area (Å²) in [7, 11) is 0. The van der Waals surface area contributed by atoms with Gasteiger partial charge in [-0.15, -0.1) is 11.3 Å². The van der Waals surface area contributed by atoms with Crippen LogP contribution in [-0.4, -0.2) is 34.1 Å². The maximum atomic E-state index is 13.7. The highest BCUT2D eigenvalue weighted by atomic mass is 32.1. The van der Waals surface area contributed by atoms with Gasteiger partial charge in [-0.25, -0.2) is 4.98 Å². The molecule has 2 aromatic carbocycles. The fourth-order valence-electron chi connectivity index (χ4n) is 3.82. The summed E-state index contributed by atoms with van der Waals surface area (Å²) in [5, 5.41) is 2.80. The lowest BCUT2D eigenvalue weighted by atomic mass is 10.1. The summed E-state index contributed by atoms with van der Waals surface area (Å²) in [4.78, 5) is 21.8. The second kappa shape index (κ2) is 9.37. The summed E-state index contributed by atoms with van der Waals surface area (Å²) in [6.07, 6.45) is 0.656. The molecule has 0 saturated heterocycles. The quantitative estimate of drug-likeness (QED) is 0.402. The van der Waals surface area contributed by atoms with Crippen LogP contribution in [0.4, 0.5) is 0 Å². The number of hydrogen-bond acceptors (Lipinski definition) is 4. The molecule has 0 unspecified atom stereocenters. The van der Waals surface area contributed by atoms with Crippen molar-refractivity contribution in [1.29, 1.82) is 0 Å². The van der Waals surface area contributed by atoms with Crippen LogP contribution < -0.4 is 5.56 Å². The third-order valence-electron chi connectivity index (χ3n) is 5.60. The fourth-order valence-corrected chi connectivity index (χ4v) is 4.78. The van der Waals surface area contributed by atoms with Crippen LogP contribution in [0.25, 0.3) is 21.3 Å². The predicted molar refractivity (Wildman–Crippen MR) is 126 cm³/mol. The summed E-state index contributed by atoms with van der Waals surface area (Å²) < 4.78 is 1.90. The molecule has 154 valence electrons. The summed E-state index contributed by atoms with van der Waals surface area (Å²) in [5.74, 6) is 0.840. The number of rotatable bonds is 8. The standard InChI is InChI=1S/C25H27N3OS/c1-3-27(4-2)15-16-28-22(17-19-11-7-5-8-12-19)26-24-23(25(28)29)21(18-30-24)20-13-9-6-10-14-20/h5-14,18H,3-4,15-17H2,1-2H3. The molecule has 0 aliphatic heterocycles. The van der Waals surface area contributed by atoms with Gasteiger partial charge in [0.25, 0.3) is 5.56 Å². The van der Waals surface area contributed by atoms with E-state index in [-0.39, 0.29) is 5.56 Å². The first-order valence-corrected chi connectivity index (χ1v) is 11.4. The topological polar surface area (TPSA) is 38.1 Å². The molecule has 30 heavy (non-hydrogen) atoms. The summed E-state index contributed by atoms with van der Waals surface area (Å²) in [6, 6.07) is 20.4. The molecule has 0 aliphatic carbocycles. The average molecular weight is 418 g/mol. The molecule has 0 atom stereocenters. The predicted octanol–water partition coefficient (Wildman–Crippen LogP) is 5.06. The minimum Gasteiger partial charge on any atom is -0.302 e. The van der Waals surface area contributed by atoms with Crippen LogP contribution in [0, 0.1) is 0 Å². The number of likely N-dealkylation sites (N-methyl/N-ethyl adjacent to an activating group) is 1. The maximum absolute atomic E-state index is 13.7. The van der Waals surface area contributed by atoms with Crippen LogP contribution in [0.1, 0.15) is 25.2 Å². The van der Waals surface area contributed by atoms with Crippen molar-refractivity contribution in [2.75, 3.05) is 19.6 Å². The van der Waals surface area contributed by atoms with Gasteiger partial charge in [0.15, 0.2) is 0 Å². The zero-order valence-electron chi connectivity index (χ0n) is 17.5. The van der Waals surface area contributed by atoms with Crippen LogP contribution >= 0.6 is 11.3 Å². The van der Waals surface area contributed by atoms with Crippen molar-refractivity contribution in [3.05, 3.63) is 87.8 Å². The second-order valence-corrected chi connectivity index (χ2v) is 8.23. The van der Waals surface area contributed by atoms with Crippen molar-refractivity contribution in [3.63, 3.8) is 0 Å². The van der Waals surface area contributed by atoms with Gasteiger partial charge in [-0.05, 0) is 24.2 Å². The molecule has 2 heterocycles. The molecule has 0 amide bonds. The van der Waals surface area contributed by atoms with E-state index in [0.717, 1.165) is 46.8 Å². The Hall–Kier alpha value is -2.76. The lowest BCUT2D eigenvalue weighted by molar-refractivity contribution is 0.287. The molecule has 2 aromatic heterocycles. The van der Waals surface area contributed by atoms with E-state index in [1.165, 1.54) is 5.56 Å². The molecule has 5 heteroatoms. The first-order valence-electron chi connectivity index (χ1n) is 10.5. The number of thiophene rings is 1. The Kier molecular flexibility index (Phi) is 6.41. The third kappa shape index (κ3) is 4.23. The number of fused-ring (bicyclic) bond motifs is 1. The van der Waals surface area contributed by atoms with Gasteiger partial charge >= 0.3 is 0 Å². The van der Waals surface area contributed by atoms with Crippen LogP contribution in [0.5, 0.6) is 0 Å². The van der Waals surface area contributed by atoms with Gasteiger partial charge in [0.2, 0.25) is 0 Å².